The van der Waals surface area contributed by atoms with E-state index in [1.54, 1.807) is 11.3 Å². The maximum absolute atomic E-state index is 6.78. The second kappa shape index (κ2) is 14.9. The zero-order valence-electron chi connectivity index (χ0n) is 24.8. The van der Waals surface area contributed by atoms with Crippen LogP contribution < -0.4 is 16.1 Å². The van der Waals surface area contributed by atoms with Crippen LogP contribution in [0.25, 0.3) is 0 Å². The van der Waals surface area contributed by atoms with Gasteiger partial charge in [-0.1, -0.05) is 0 Å². The topological polar surface area (TPSA) is 36.9 Å². The fourth-order valence-corrected chi connectivity index (χ4v) is 7.10. The molecule has 0 radical (unpaired) electrons. The number of rotatable bonds is 9. The van der Waals surface area contributed by atoms with Crippen molar-refractivity contribution < 1.29 is 34.3 Å². The van der Waals surface area contributed by atoms with E-state index in [9.17, 15) is 0 Å². The number of halogens is 2. The van der Waals surface area contributed by atoms with Crippen molar-refractivity contribution in [1.82, 2.24) is 0 Å². The molecule has 0 aliphatic carbocycles. The van der Waals surface area contributed by atoms with Gasteiger partial charge >= 0.3 is 235 Å². The van der Waals surface area contributed by atoms with E-state index in [1.165, 1.54) is 0 Å². The summed E-state index contributed by atoms with van der Waals surface area (Å²) in [6.07, 6.45) is 0.218. The van der Waals surface area contributed by atoms with Crippen LogP contribution in [0.3, 0.4) is 0 Å². The van der Waals surface area contributed by atoms with Gasteiger partial charge in [-0.25, -0.2) is 0 Å². The Balaban J connectivity index is 0.00000380. The predicted octanol–water partition coefficient (Wildman–Crippen LogP) is 9.52. The van der Waals surface area contributed by atoms with E-state index >= 15 is 0 Å². The largest absolute Gasteiger partial charge is 0.147 e. The van der Waals surface area contributed by atoms with Gasteiger partial charge < -0.3 is 0 Å². The van der Waals surface area contributed by atoms with Gasteiger partial charge in [-0.2, -0.15) is 0 Å². The standard InChI is InChI=1S/2C13H20O2.C5H4S.2ClH.Ti/c2*1-9(2)15-10-6-7-12(14)11(8-10)13(3,4)5;1-5-3-2-4-6-5;;;/h2*6-9,14H,1-5H3;1-4H;2*1H;/q;;;;;+2/p-2. The smallest absolute Gasteiger partial charge is 0.147 e. The molecule has 1 aromatic heterocycles. The summed E-state index contributed by atoms with van der Waals surface area (Å²) in [5.41, 5.74) is 1.97. The molecular weight excluding hydrogens is 587 g/mol. The number of hydrogen-bond donors (Lipinski definition) is 0. The first kappa shape index (κ1) is 35.5. The molecule has 0 saturated carbocycles. The second-order valence-electron chi connectivity index (χ2n) is 11.8. The van der Waals surface area contributed by atoms with Crippen LogP contribution in [0.1, 0.15) is 85.2 Å². The minimum absolute atomic E-state index is 0. The maximum Gasteiger partial charge on any atom is -0.147 e. The van der Waals surface area contributed by atoms with Crippen molar-refractivity contribution >= 4 is 40.5 Å². The molecule has 0 N–H and O–H groups in total. The van der Waals surface area contributed by atoms with Gasteiger partial charge in [0.15, 0.2) is 0 Å². The molecule has 3 rings (SSSR count). The van der Waals surface area contributed by atoms with Crippen molar-refractivity contribution in [3.63, 3.8) is 0 Å². The molecule has 216 valence electrons. The molecule has 0 amide bonds. The molecule has 4 nitrogen and oxygen atoms in total. The Morgan fingerprint density at radius 3 is 1.46 bits per heavy atom. The van der Waals surface area contributed by atoms with Gasteiger partial charge in [0.05, 0.1) is 0 Å². The molecule has 3 aromatic rings. The van der Waals surface area contributed by atoms with Gasteiger partial charge in [0.2, 0.25) is 0 Å². The van der Waals surface area contributed by atoms with E-state index in [0.29, 0.717) is 0 Å². The maximum atomic E-state index is 6.78. The predicted molar refractivity (Wildman–Crippen MR) is 167 cm³/mol. The average Bonchev–Trinajstić information content (AvgIpc) is 3.26. The van der Waals surface area contributed by atoms with Crippen LogP contribution in [0, 0.1) is 0 Å². The van der Waals surface area contributed by atoms with E-state index in [1.807, 2.05) is 52.0 Å². The molecule has 8 heteroatoms. The Bertz CT molecular complexity index is 1130. The van der Waals surface area contributed by atoms with Crippen molar-refractivity contribution in [1.29, 1.82) is 0 Å². The molecule has 0 bridgehead atoms. The normalized spacial score (nSPS) is 11.4. The molecule has 0 saturated heterocycles. The van der Waals surface area contributed by atoms with Crippen LogP contribution in [0.4, 0.5) is 0 Å². The molecule has 0 aliphatic rings. The average molecular weight is 632 g/mol. The van der Waals surface area contributed by atoms with E-state index in [4.69, 9.17) is 16.1 Å². The first-order chi connectivity index (χ1) is 17.2. The van der Waals surface area contributed by atoms with Crippen LogP contribution in [0.2, 0.25) is 0 Å². The second-order valence-corrected chi connectivity index (χ2v) is 14.9. The minimum Gasteiger partial charge on any atom is -0.147 e. The van der Waals surface area contributed by atoms with Crippen LogP contribution in [-0.4, -0.2) is 16.5 Å². The number of ether oxygens (including phenoxy) is 2. The van der Waals surface area contributed by atoms with Gasteiger partial charge in [0.1, 0.15) is 0 Å². The molecule has 0 atom stereocenters. The van der Waals surface area contributed by atoms with Crippen molar-refractivity contribution in [2.75, 3.05) is 0 Å². The van der Waals surface area contributed by atoms with Gasteiger partial charge in [-0.3, -0.25) is 0 Å². The third kappa shape index (κ3) is 10.8. The van der Waals surface area contributed by atoms with Gasteiger partial charge in [0.25, 0.3) is 0 Å². The summed E-state index contributed by atoms with van der Waals surface area (Å²) in [6, 6.07) is 16.4. The van der Waals surface area contributed by atoms with Crippen molar-refractivity contribution in [2.24, 2.45) is 0 Å². The Hall–Kier alpha value is -1.50. The SMILES string of the molecule is CC(C)Oc1ccc([O][Ti](=[CH]c2cccs2)[O]c2ccc(OC(C)C)cc2C(C)(C)C)c(C(C)(C)C)c1.Cl.Cl. The molecular formula is C31H44Cl2O4STi. The fourth-order valence-electron chi connectivity index (χ4n) is 3.85. The van der Waals surface area contributed by atoms with Crippen molar-refractivity contribution in [3.05, 3.63) is 69.9 Å². The summed E-state index contributed by atoms with van der Waals surface area (Å²) in [5, 5.41) is 2.08. The van der Waals surface area contributed by atoms with Crippen LogP contribution in [0.5, 0.6) is 23.0 Å². The Morgan fingerprint density at radius 1 is 0.692 bits per heavy atom. The van der Waals surface area contributed by atoms with Crippen LogP contribution >= 0.6 is 36.2 Å². The summed E-state index contributed by atoms with van der Waals surface area (Å²) >= 11 is -1.01. The Labute approximate surface area is 258 Å². The fraction of sp³-hybridized carbons (Fsp3) is 0.452. The summed E-state index contributed by atoms with van der Waals surface area (Å²) in [4.78, 5) is 1.16. The zero-order valence-corrected chi connectivity index (χ0v) is 28.8. The molecule has 0 aliphatic heterocycles. The minimum atomic E-state index is -2.71. The van der Waals surface area contributed by atoms with Gasteiger partial charge in [0, 0.05) is 0 Å². The molecule has 0 fully saturated rings. The Kier molecular flexibility index (Phi) is 13.6. The summed E-state index contributed by atoms with van der Waals surface area (Å²) < 4.78 is 27.7. The van der Waals surface area contributed by atoms with E-state index in [0.717, 1.165) is 39.0 Å². The number of thiophene rings is 1. The first-order valence-corrected chi connectivity index (χ1v) is 16.0. The monoisotopic (exact) mass is 630 g/mol. The molecule has 2 aromatic carbocycles. The third-order valence-corrected chi connectivity index (χ3v) is 8.80. The van der Waals surface area contributed by atoms with E-state index in [2.05, 4.69) is 75.5 Å². The van der Waals surface area contributed by atoms with Crippen molar-refractivity contribution in [2.45, 2.75) is 92.3 Å². The Morgan fingerprint density at radius 2 is 1.13 bits per heavy atom. The quantitative estimate of drug-likeness (QED) is 0.221. The first-order valence-electron chi connectivity index (χ1n) is 13.0. The summed E-state index contributed by atoms with van der Waals surface area (Å²) in [6.45, 7) is 21.3. The number of benzene rings is 2. The molecule has 1 heterocycles. The molecule has 0 spiro atoms. The van der Waals surface area contributed by atoms with Crippen LogP contribution in [-0.2, 0) is 29.0 Å². The summed E-state index contributed by atoms with van der Waals surface area (Å²) in [5.74, 6) is 3.41. The van der Waals surface area contributed by atoms with Crippen LogP contribution in [0.15, 0.2) is 53.9 Å². The van der Waals surface area contributed by atoms with E-state index < -0.39 is 18.2 Å². The van der Waals surface area contributed by atoms with Gasteiger partial charge in [-0.15, -0.1) is 24.8 Å². The van der Waals surface area contributed by atoms with Crippen molar-refractivity contribution in [3.8, 4) is 23.0 Å². The van der Waals surface area contributed by atoms with Gasteiger partial charge in [-0.05, 0) is 0 Å². The zero-order chi connectivity index (χ0) is 27.4. The molecule has 39 heavy (non-hydrogen) atoms. The summed E-state index contributed by atoms with van der Waals surface area (Å²) in [7, 11) is 0. The molecule has 0 unspecified atom stereocenters. The number of hydrogen-bond acceptors (Lipinski definition) is 5. The van der Waals surface area contributed by atoms with E-state index in [-0.39, 0.29) is 47.9 Å². The third-order valence-electron chi connectivity index (χ3n) is 5.49.